The summed E-state index contributed by atoms with van der Waals surface area (Å²) in [5.41, 5.74) is 3.57. The zero-order valence-corrected chi connectivity index (χ0v) is 9.63. The van der Waals surface area contributed by atoms with Gasteiger partial charge in [0.05, 0.1) is 6.42 Å². The molecule has 98 valence electrons. The van der Waals surface area contributed by atoms with Crippen LogP contribution in [-0.4, -0.2) is 38.9 Å². The molecule has 0 aromatic heterocycles. The van der Waals surface area contributed by atoms with Crippen molar-refractivity contribution in [2.45, 2.75) is 50.2 Å². The van der Waals surface area contributed by atoms with Gasteiger partial charge in [-0.05, 0) is 38.0 Å². The molecule has 6 heteroatoms. The molecule has 1 unspecified atom stereocenters. The highest BCUT2D eigenvalue weighted by Gasteiger charge is 2.41. The Morgan fingerprint density at radius 1 is 1.18 bits per heavy atom. The predicted molar refractivity (Wildman–Crippen MR) is 59.4 cm³/mol. The van der Waals surface area contributed by atoms with Crippen LogP contribution in [0, 0.1) is 5.92 Å². The maximum atomic E-state index is 11.0. The van der Waals surface area contributed by atoms with Crippen molar-refractivity contribution in [3.63, 3.8) is 0 Å². The minimum atomic E-state index is -2.15. The van der Waals surface area contributed by atoms with Gasteiger partial charge in [0, 0.05) is 6.04 Å². The molecule has 5 N–H and O–H groups in total. The first-order valence-corrected chi connectivity index (χ1v) is 5.76. The minimum Gasteiger partial charge on any atom is -0.481 e. The highest BCUT2D eigenvalue weighted by Crippen LogP contribution is 2.32. The molecule has 0 aromatic carbocycles. The van der Waals surface area contributed by atoms with E-state index < -0.39 is 24.0 Å². The Hall–Kier alpha value is -1.14. The van der Waals surface area contributed by atoms with Crippen LogP contribution in [0.25, 0.3) is 0 Å². The summed E-state index contributed by atoms with van der Waals surface area (Å²) in [6.45, 7) is 0. The fourth-order valence-corrected chi connectivity index (χ4v) is 2.36. The molecular formula is C11H19NO5. The Labute approximate surface area is 99.4 Å². The Morgan fingerprint density at radius 2 is 1.71 bits per heavy atom. The van der Waals surface area contributed by atoms with Crippen LogP contribution < -0.4 is 5.73 Å². The average molecular weight is 245 g/mol. The molecule has 0 bridgehead atoms. The Kier molecular flexibility index (Phi) is 4.47. The fourth-order valence-electron chi connectivity index (χ4n) is 2.36. The van der Waals surface area contributed by atoms with E-state index in [1.807, 2.05) is 0 Å². The quantitative estimate of drug-likeness (QED) is 0.548. The van der Waals surface area contributed by atoms with Gasteiger partial charge < -0.3 is 21.1 Å². The third-order valence-corrected chi connectivity index (χ3v) is 3.36. The van der Waals surface area contributed by atoms with Crippen LogP contribution in [0.15, 0.2) is 0 Å². The summed E-state index contributed by atoms with van der Waals surface area (Å²) >= 11 is 0. The van der Waals surface area contributed by atoms with Gasteiger partial charge in [0.15, 0.2) is 5.60 Å². The van der Waals surface area contributed by atoms with E-state index in [9.17, 15) is 14.7 Å². The normalized spacial score (nSPS) is 28.4. The summed E-state index contributed by atoms with van der Waals surface area (Å²) in [6.07, 6.45) is 2.32. The van der Waals surface area contributed by atoms with Gasteiger partial charge in [-0.15, -0.1) is 0 Å². The van der Waals surface area contributed by atoms with Crippen molar-refractivity contribution in [2.24, 2.45) is 11.7 Å². The molecule has 1 fully saturated rings. The molecule has 0 saturated heterocycles. The van der Waals surface area contributed by atoms with Crippen molar-refractivity contribution < 1.29 is 24.9 Å². The number of carboxylic acid groups (broad SMARTS) is 2. The van der Waals surface area contributed by atoms with E-state index in [0.717, 1.165) is 25.7 Å². The lowest BCUT2D eigenvalue weighted by atomic mass is 9.78. The summed E-state index contributed by atoms with van der Waals surface area (Å²) in [6, 6.07) is 0.142. The SMILES string of the molecule is NC1CCC(CC(O)(CC(=O)O)C(=O)O)CC1. The molecule has 0 aliphatic heterocycles. The van der Waals surface area contributed by atoms with Gasteiger partial charge in [0.2, 0.25) is 0 Å². The topological polar surface area (TPSA) is 121 Å². The standard InChI is InChI=1S/C11H19NO5/c12-8-3-1-7(2-4-8)5-11(17,10(15)16)6-9(13)14/h7-8,17H,1-6,12H2,(H,13,14)(H,15,16). The van der Waals surface area contributed by atoms with Crippen LogP contribution in [0.3, 0.4) is 0 Å². The first-order valence-electron chi connectivity index (χ1n) is 5.76. The molecular weight excluding hydrogens is 226 g/mol. The van der Waals surface area contributed by atoms with Gasteiger partial charge in [-0.3, -0.25) is 4.79 Å². The van der Waals surface area contributed by atoms with Gasteiger partial charge in [-0.1, -0.05) is 0 Å². The van der Waals surface area contributed by atoms with E-state index in [1.54, 1.807) is 0 Å². The summed E-state index contributed by atoms with van der Waals surface area (Å²) in [4.78, 5) is 21.5. The summed E-state index contributed by atoms with van der Waals surface area (Å²) in [5, 5.41) is 27.4. The average Bonchev–Trinajstić information content (AvgIpc) is 2.20. The van der Waals surface area contributed by atoms with Gasteiger partial charge in [0.25, 0.3) is 0 Å². The molecule has 0 radical (unpaired) electrons. The molecule has 0 aromatic rings. The van der Waals surface area contributed by atoms with E-state index in [4.69, 9.17) is 15.9 Å². The predicted octanol–water partition coefficient (Wildman–Crippen LogP) is 0.184. The molecule has 1 saturated carbocycles. The van der Waals surface area contributed by atoms with E-state index in [-0.39, 0.29) is 18.4 Å². The Balaban J connectivity index is 2.60. The van der Waals surface area contributed by atoms with Crippen molar-refractivity contribution in [3.05, 3.63) is 0 Å². The van der Waals surface area contributed by atoms with Gasteiger partial charge >= 0.3 is 11.9 Å². The monoisotopic (exact) mass is 245 g/mol. The van der Waals surface area contributed by atoms with Crippen molar-refractivity contribution in [3.8, 4) is 0 Å². The first-order chi connectivity index (χ1) is 7.83. The van der Waals surface area contributed by atoms with Crippen molar-refractivity contribution in [1.29, 1.82) is 0 Å². The zero-order chi connectivity index (χ0) is 13.1. The second kappa shape index (κ2) is 5.46. The van der Waals surface area contributed by atoms with Crippen molar-refractivity contribution >= 4 is 11.9 Å². The highest BCUT2D eigenvalue weighted by molar-refractivity contribution is 5.83. The number of aliphatic carboxylic acids is 2. The molecule has 1 atom stereocenters. The zero-order valence-electron chi connectivity index (χ0n) is 9.63. The van der Waals surface area contributed by atoms with Crippen LogP contribution in [0.5, 0.6) is 0 Å². The molecule has 6 nitrogen and oxygen atoms in total. The molecule has 0 spiro atoms. The number of hydrogen-bond acceptors (Lipinski definition) is 4. The number of rotatable bonds is 5. The summed E-state index contributed by atoms with van der Waals surface area (Å²) < 4.78 is 0. The lowest BCUT2D eigenvalue weighted by Gasteiger charge is -2.31. The number of carboxylic acids is 2. The Morgan fingerprint density at radius 3 is 2.12 bits per heavy atom. The van der Waals surface area contributed by atoms with E-state index in [0.29, 0.717) is 0 Å². The van der Waals surface area contributed by atoms with Crippen LogP contribution in [-0.2, 0) is 9.59 Å². The maximum Gasteiger partial charge on any atom is 0.336 e. The van der Waals surface area contributed by atoms with Crippen LogP contribution >= 0.6 is 0 Å². The molecule has 1 aliphatic carbocycles. The number of nitrogens with two attached hydrogens (primary N) is 1. The summed E-state index contributed by atoms with van der Waals surface area (Å²) in [7, 11) is 0. The third kappa shape index (κ3) is 3.98. The molecule has 0 amide bonds. The second-order valence-corrected chi connectivity index (χ2v) is 4.89. The van der Waals surface area contributed by atoms with Crippen molar-refractivity contribution in [1.82, 2.24) is 0 Å². The molecule has 1 rings (SSSR count). The van der Waals surface area contributed by atoms with Gasteiger partial charge in [-0.2, -0.15) is 0 Å². The number of aliphatic hydroxyl groups is 1. The number of carbonyl (C=O) groups is 2. The smallest absolute Gasteiger partial charge is 0.336 e. The van der Waals surface area contributed by atoms with Crippen LogP contribution in [0.2, 0.25) is 0 Å². The maximum absolute atomic E-state index is 11.0. The summed E-state index contributed by atoms with van der Waals surface area (Å²) in [5.74, 6) is -2.73. The molecule has 1 aliphatic rings. The van der Waals surface area contributed by atoms with E-state index in [1.165, 1.54) is 0 Å². The van der Waals surface area contributed by atoms with Crippen LogP contribution in [0.4, 0.5) is 0 Å². The lowest BCUT2D eigenvalue weighted by Crippen LogP contribution is -2.43. The minimum absolute atomic E-state index is 0.0125. The highest BCUT2D eigenvalue weighted by atomic mass is 16.4. The molecule has 0 heterocycles. The van der Waals surface area contributed by atoms with Gasteiger partial charge in [-0.25, -0.2) is 4.79 Å². The van der Waals surface area contributed by atoms with Gasteiger partial charge in [0.1, 0.15) is 0 Å². The second-order valence-electron chi connectivity index (χ2n) is 4.89. The lowest BCUT2D eigenvalue weighted by molar-refractivity contribution is -0.167. The van der Waals surface area contributed by atoms with Crippen molar-refractivity contribution in [2.75, 3.05) is 0 Å². The van der Waals surface area contributed by atoms with E-state index >= 15 is 0 Å². The third-order valence-electron chi connectivity index (χ3n) is 3.36. The first kappa shape index (κ1) is 13.9. The molecule has 17 heavy (non-hydrogen) atoms. The van der Waals surface area contributed by atoms with Crippen LogP contribution in [0.1, 0.15) is 38.5 Å². The fraction of sp³-hybridized carbons (Fsp3) is 0.818. The number of hydrogen-bond donors (Lipinski definition) is 4. The van der Waals surface area contributed by atoms with E-state index in [2.05, 4.69) is 0 Å². The Bertz CT molecular complexity index is 298. The largest absolute Gasteiger partial charge is 0.481 e.